The van der Waals surface area contributed by atoms with Gasteiger partial charge in [-0.25, -0.2) is 9.67 Å². The van der Waals surface area contributed by atoms with Gasteiger partial charge in [-0.3, -0.25) is 14.5 Å². The van der Waals surface area contributed by atoms with E-state index in [1.54, 1.807) is 25.6 Å². The molecule has 1 atom stereocenters. The molecule has 1 unspecified atom stereocenters. The van der Waals surface area contributed by atoms with Crippen molar-refractivity contribution in [2.24, 2.45) is 5.41 Å². The smallest absolute Gasteiger partial charge is 0.242 e. The third kappa shape index (κ3) is 2.12. The van der Waals surface area contributed by atoms with E-state index in [-0.39, 0.29) is 11.7 Å². The van der Waals surface area contributed by atoms with Crippen molar-refractivity contribution in [2.45, 2.75) is 24.9 Å². The number of thioether (sulfide) groups is 1. The van der Waals surface area contributed by atoms with E-state index in [0.717, 1.165) is 4.90 Å². The Bertz CT molecular complexity index is 710. The number of hydrogen-bond acceptors (Lipinski definition) is 5. The molecule has 114 valence electrons. The van der Waals surface area contributed by atoms with Gasteiger partial charge in [-0.1, -0.05) is 0 Å². The van der Waals surface area contributed by atoms with Crippen LogP contribution in [-0.2, 0) is 9.59 Å². The third-order valence-electron chi connectivity index (χ3n) is 3.89. The first-order chi connectivity index (χ1) is 10.5. The summed E-state index contributed by atoms with van der Waals surface area (Å²) < 4.78 is 1.43. The molecular weight excluding hydrogens is 300 g/mol. The van der Waals surface area contributed by atoms with Crippen LogP contribution in [0.15, 0.2) is 41.8 Å². The Hall–Kier alpha value is -2.15. The molecule has 1 aliphatic rings. The fourth-order valence-corrected chi connectivity index (χ4v) is 2.95. The van der Waals surface area contributed by atoms with Crippen LogP contribution >= 0.6 is 11.8 Å². The Morgan fingerprint density at radius 2 is 1.86 bits per heavy atom. The summed E-state index contributed by atoms with van der Waals surface area (Å²) in [7, 11) is 0. The molecule has 1 amide bonds. The summed E-state index contributed by atoms with van der Waals surface area (Å²) in [5.74, 6) is -0.410. The van der Waals surface area contributed by atoms with Crippen molar-refractivity contribution in [2.75, 3.05) is 11.2 Å². The Labute approximate surface area is 132 Å². The van der Waals surface area contributed by atoms with Crippen LogP contribution in [0.25, 0.3) is 0 Å². The average molecular weight is 316 g/mol. The van der Waals surface area contributed by atoms with Crippen LogP contribution in [0.2, 0.25) is 0 Å². The van der Waals surface area contributed by atoms with Gasteiger partial charge in [-0.15, -0.1) is 11.8 Å². The number of ketones is 1. The lowest BCUT2D eigenvalue weighted by Gasteiger charge is -2.23. The molecule has 2 aromatic rings. The van der Waals surface area contributed by atoms with Crippen LogP contribution in [0.5, 0.6) is 0 Å². The number of aromatic nitrogens is 3. The summed E-state index contributed by atoms with van der Waals surface area (Å²) in [6.45, 7) is 3.30. The molecule has 6 nitrogen and oxygen atoms in total. The summed E-state index contributed by atoms with van der Waals surface area (Å²) in [5, 5.41) is 4.04. The highest BCUT2D eigenvalue weighted by atomic mass is 32.2. The van der Waals surface area contributed by atoms with Crippen molar-refractivity contribution in [3.05, 3.63) is 36.9 Å². The molecule has 0 saturated carbocycles. The number of carbonyl (C=O) groups excluding carboxylic acids is 2. The molecule has 0 radical (unpaired) electrons. The lowest BCUT2D eigenvalue weighted by atomic mass is 9.90. The largest absolute Gasteiger partial charge is 0.294 e. The van der Waals surface area contributed by atoms with Gasteiger partial charge in [-0.05, 0) is 44.4 Å². The summed E-state index contributed by atoms with van der Waals surface area (Å²) >= 11 is 1.62. The van der Waals surface area contributed by atoms with E-state index < -0.39 is 11.6 Å². The van der Waals surface area contributed by atoms with Gasteiger partial charge in [0.15, 0.2) is 11.9 Å². The SMILES string of the molecule is CSc1ccc(N2C(=O)C(C)(C)C(=O)C2n2cncn2)cc1. The third-order valence-corrected chi connectivity index (χ3v) is 4.63. The van der Waals surface area contributed by atoms with Crippen molar-refractivity contribution in [3.63, 3.8) is 0 Å². The van der Waals surface area contributed by atoms with E-state index in [1.807, 2.05) is 30.5 Å². The molecule has 1 aromatic carbocycles. The van der Waals surface area contributed by atoms with E-state index in [0.29, 0.717) is 5.69 Å². The second kappa shape index (κ2) is 5.24. The highest BCUT2D eigenvalue weighted by Crippen LogP contribution is 2.40. The van der Waals surface area contributed by atoms with Crippen LogP contribution in [0.4, 0.5) is 5.69 Å². The molecule has 1 aromatic heterocycles. The molecule has 0 bridgehead atoms. The van der Waals surface area contributed by atoms with Crippen LogP contribution in [-0.4, -0.2) is 32.7 Å². The Morgan fingerprint density at radius 3 is 2.41 bits per heavy atom. The van der Waals surface area contributed by atoms with E-state index in [4.69, 9.17) is 0 Å². The molecule has 0 spiro atoms. The molecule has 3 rings (SSSR count). The van der Waals surface area contributed by atoms with Crippen molar-refractivity contribution in [1.82, 2.24) is 14.8 Å². The molecule has 0 aliphatic carbocycles. The summed E-state index contributed by atoms with van der Waals surface area (Å²) in [6.07, 6.45) is 4.02. The van der Waals surface area contributed by atoms with Crippen molar-refractivity contribution < 1.29 is 9.59 Å². The molecule has 7 heteroatoms. The number of nitrogens with zero attached hydrogens (tertiary/aromatic N) is 4. The quantitative estimate of drug-likeness (QED) is 0.641. The van der Waals surface area contributed by atoms with Gasteiger partial charge in [0, 0.05) is 10.6 Å². The normalized spacial score (nSPS) is 20.7. The van der Waals surface area contributed by atoms with Crippen molar-refractivity contribution in [1.29, 1.82) is 0 Å². The second-order valence-electron chi connectivity index (χ2n) is 5.61. The number of benzene rings is 1. The highest BCUT2D eigenvalue weighted by molar-refractivity contribution is 7.98. The van der Waals surface area contributed by atoms with Gasteiger partial charge < -0.3 is 0 Å². The minimum Gasteiger partial charge on any atom is -0.294 e. The predicted molar refractivity (Wildman–Crippen MR) is 83.6 cm³/mol. The van der Waals surface area contributed by atoms with Crippen LogP contribution in [0.1, 0.15) is 20.0 Å². The second-order valence-corrected chi connectivity index (χ2v) is 6.49. The van der Waals surface area contributed by atoms with Crippen molar-refractivity contribution in [3.8, 4) is 0 Å². The Balaban J connectivity index is 2.09. The number of carbonyl (C=O) groups is 2. The summed E-state index contributed by atoms with van der Waals surface area (Å²) in [6, 6.07) is 7.56. The van der Waals surface area contributed by atoms with Crippen molar-refractivity contribution >= 4 is 29.1 Å². The first-order valence-electron chi connectivity index (χ1n) is 6.83. The number of anilines is 1. The van der Waals surface area contributed by atoms with Gasteiger partial charge in [0.05, 0.1) is 0 Å². The lowest BCUT2D eigenvalue weighted by Crippen LogP contribution is -2.34. The molecule has 2 heterocycles. The first-order valence-corrected chi connectivity index (χ1v) is 8.05. The van der Waals surface area contributed by atoms with Crippen LogP contribution in [0, 0.1) is 5.41 Å². The fraction of sp³-hybridized carbons (Fsp3) is 0.333. The minimum absolute atomic E-state index is 0.183. The van der Waals surface area contributed by atoms with Gasteiger partial charge in [0.2, 0.25) is 5.91 Å². The standard InChI is InChI=1S/C15H16N4O2S/c1-15(2)12(20)13(18-9-16-8-17-18)19(14(15)21)10-4-6-11(22-3)7-5-10/h4-9,13H,1-3H3. The van der Waals surface area contributed by atoms with E-state index in [1.165, 1.54) is 22.2 Å². The number of rotatable bonds is 3. The zero-order chi connectivity index (χ0) is 15.9. The fourth-order valence-electron chi connectivity index (χ4n) is 2.54. The van der Waals surface area contributed by atoms with Crippen LogP contribution < -0.4 is 4.90 Å². The van der Waals surface area contributed by atoms with Gasteiger partial charge >= 0.3 is 0 Å². The van der Waals surface area contributed by atoms with E-state index >= 15 is 0 Å². The number of Topliss-reactive ketones (excluding diaryl/α,β-unsaturated/α-hetero) is 1. The topological polar surface area (TPSA) is 68.1 Å². The Kier molecular flexibility index (Phi) is 3.52. The average Bonchev–Trinajstić information content (AvgIpc) is 3.10. The number of amides is 1. The lowest BCUT2D eigenvalue weighted by molar-refractivity contribution is -0.133. The molecule has 1 saturated heterocycles. The van der Waals surface area contributed by atoms with E-state index in [2.05, 4.69) is 10.1 Å². The van der Waals surface area contributed by atoms with E-state index in [9.17, 15) is 9.59 Å². The molecular formula is C15H16N4O2S. The molecule has 1 fully saturated rings. The maximum Gasteiger partial charge on any atom is 0.242 e. The molecule has 22 heavy (non-hydrogen) atoms. The number of hydrogen-bond donors (Lipinski definition) is 0. The van der Waals surface area contributed by atoms with Gasteiger partial charge in [-0.2, -0.15) is 5.10 Å². The maximum atomic E-state index is 12.7. The Morgan fingerprint density at radius 1 is 1.18 bits per heavy atom. The van der Waals surface area contributed by atoms with Crippen LogP contribution in [0.3, 0.4) is 0 Å². The van der Waals surface area contributed by atoms with Gasteiger partial charge in [0.1, 0.15) is 18.1 Å². The zero-order valence-corrected chi connectivity index (χ0v) is 13.4. The first kappa shape index (κ1) is 14.8. The minimum atomic E-state index is -1.07. The monoisotopic (exact) mass is 316 g/mol. The molecule has 1 aliphatic heterocycles. The zero-order valence-electron chi connectivity index (χ0n) is 12.6. The highest BCUT2D eigenvalue weighted by Gasteiger charge is 2.54. The summed E-state index contributed by atoms with van der Waals surface area (Å²) in [4.78, 5) is 31.9. The van der Waals surface area contributed by atoms with Gasteiger partial charge in [0.25, 0.3) is 0 Å². The molecule has 0 N–H and O–H groups in total. The summed E-state index contributed by atoms with van der Waals surface area (Å²) in [5.41, 5.74) is -0.392. The maximum absolute atomic E-state index is 12.7. The predicted octanol–water partition coefficient (Wildman–Crippen LogP) is 2.14.